The monoisotopic (exact) mass is 277 g/mol. The first kappa shape index (κ1) is 14.7. The molecule has 1 N–H and O–H groups in total. The minimum Gasteiger partial charge on any atom is -0.381 e. The summed E-state index contributed by atoms with van der Waals surface area (Å²) in [7, 11) is 0. The maximum Gasteiger partial charge on any atom is 0.416 e. The van der Waals surface area contributed by atoms with E-state index in [0.29, 0.717) is 0 Å². The number of aliphatic imine (C=N–C) groups is 1. The minimum atomic E-state index is -4.48. The number of alkyl halides is 3. The summed E-state index contributed by atoms with van der Waals surface area (Å²) in [4.78, 5) is 3.74. The highest BCUT2D eigenvalue weighted by molar-refractivity contribution is 5.85. The van der Waals surface area contributed by atoms with E-state index in [2.05, 4.69) is 4.99 Å². The van der Waals surface area contributed by atoms with Crippen molar-refractivity contribution in [1.82, 2.24) is 0 Å². The van der Waals surface area contributed by atoms with Crippen molar-refractivity contribution in [3.63, 3.8) is 0 Å². The zero-order valence-corrected chi connectivity index (χ0v) is 10.0. The van der Waals surface area contributed by atoms with E-state index in [4.69, 9.17) is 0 Å². The van der Waals surface area contributed by atoms with E-state index < -0.39 is 17.3 Å². The molecule has 1 aliphatic heterocycles. The molecule has 1 unspecified atom stereocenters. The average Bonchev–Trinajstić information content (AvgIpc) is 2.29. The molecule has 6 heteroatoms. The van der Waals surface area contributed by atoms with E-state index in [-0.39, 0.29) is 24.4 Å². The summed E-state index contributed by atoms with van der Waals surface area (Å²) >= 11 is 0. The van der Waals surface area contributed by atoms with Gasteiger partial charge in [-0.05, 0) is 17.7 Å². The van der Waals surface area contributed by atoms with Gasteiger partial charge in [0.05, 0.1) is 5.56 Å². The Morgan fingerprint density at radius 1 is 1.22 bits per heavy atom. The summed E-state index contributed by atoms with van der Waals surface area (Å²) in [6.07, 6.45) is -0.466. The minimum absolute atomic E-state index is 0. The lowest BCUT2D eigenvalue weighted by Crippen LogP contribution is -2.28. The fourth-order valence-electron chi connectivity index (χ4n) is 1.79. The van der Waals surface area contributed by atoms with Crippen molar-refractivity contribution in [2.24, 2.45) is 4.99 Å². The molecule has 1 heterocycles. The molecule has 0 spiro atoms. The highest BCUT2D eigenvalue weighted by Crippen LogP contribution is 2.38. The van der Waals surface area contributed by atoms with Gasteiger partial charge in [-0.2, -0.15) is 13.2 Å². The SMILES string of the molecule is Cl.OC1(c2ccccc2C(F)(F)F)C=CN=CC1. The van der Waals surface area contributed by atoms with Crippen LogP contribution >= 0.6 is 12.4 Å². The van der Waals surface area contributed by atoms with Gasteiger partial charge in [0.25, 0.3) is 0 Å². The van der Waals surface area contributed by atoms with Crippen molar-refractivity contribution >= 4 is 18.6 Å². The molecule has 1 aliphatic rings. The number of nitrogens with zero attached hydrogens (tertiary/aromatic N) is 1. The van der Waals surface area contributed by atoms with Crippen LogP contribution < -0.4 is 0 Å². The van der Waals surface area contributed by atoms with Crippen molar-refractivity contribution < 1.29 is 18.3 Å². The Hall–Kier alpha value is -1.33. The molecule has 98 valence electrons. The van der Waals surface area contributed by atoms with Crippen LogP contribution in [0.2, 0.25) is 0 Å². The van der Waals surface area contributed by atoms with E-state index in [1.54, 1.807) is 0 Å². The van der Waals surface area contributed by atoms with Crippen molar-refractivity contribution in [2.45, 2.75) is 18.2 Å². The van der Waals surface area contributed by atoms with Crippen LogP contribution in [-0.4, -0.2) is 11.3 Å². The van der Waals surface area contributed by atoms with Crippen LogP contribution in [0.15, 0.2) is 41.5 Å². The number of hydrogen-bond acceptors (Lipinski definition) is 2. The maximum atomic E-state index is 12.8. The van der Waals surface area contributed by atoms with E-state index >= 15 is 0 Å². The number of aliphatic hydroxyl groups is 1. The number of benzene rings is 1. The standard InChI is InChI=1S/C12H10F3NO.ClH/c13-12(14,15)10-4-2-1-3-9(10)11(17)5-7-16-8-6-11;/h1-5,7-8,17H,6H2;1H. The first-order valence-electron chi connectivity index (χ1n) is 5.02. The molecule has 0 aromatic heterocycles. The van der Waals surface area contributed by atoms with Crippen LogP contribution in [-0.2, 0) is 11.8 Å². The Morgan fingerprint density at radius 2 is 1.89 bits per heavy atom. The molecule has 1 aromatic carbocycles. The van der Waals surface area contributed by atoms with Gasteiger partial charge in [-0.15, -0.1) is 12.4 Å². The fourth-order valence-corrected chi connectivity index (χ4v) is 1.79. The molecular formula is C12H11ClF3NO. The van der Waals surface area contributed by atoms with Crippen LogP contribution in [0, 0.1) is 0 Å². The summed E-state index contributed by atoms with van der Waals surface area (Å²) in [5.41, 5.74) is -2.59. The van der Waals surface area contributed by atoms with Gasteiger partial charge in [-0.3, -0.25) is 4.99 Å². The summed E-state index contributed by atoms with van der Waals surface area (Å²) in [6, 6.07) is 5.03. The Balaban J connectivity index is 0.00000162. The molecule has 0 saturated carbocycles. The molecule has 18 heavy (non-hydrogen) atoms. The van der Waals surface area contributed by atoms with E-state index in [1.165, 1.54) is 36.7 Å². The second-order valence-corrected chi connectivity index (χ2v) is 3.82. The predicted molar refractivity (Wildman–Crippen MR) is 64.8 cm³/mol. The molecule has 0 aliphatic carbocycles. The van der Waals surface area contributed by atoms with Gasteiger partial charge >= 0.3 is 6.18 Å². The maximum absolute atomic E-state index is 12.8. The lowest BCUT2D eigenvalue weighted by Gasteiger charge is -2.28. The molecule has 0 saturated heterocycles. The second-order valence-electron chi connectivity index (χ2n) is 3.82. The van der Waals surface area contributed by atoms with Crippen molar-refractivity contribution in [1.29, 1.82) is 0 Å². The largest absolute Gasteiger partial charge is 0.416 e. The third-order valence-corrected chi connectivity index (χ3v) is 2.64. The molecule has 0 bridgehead atoms. The first-order chi connectivity index (χ1) is 7.93. The fraction of sp³-hybridized carbons (Fsp3) is 0.250. The number of hydrogen-bond donors (Lipinski definition) is 1. The van der Waals surface area contributed by atoms with Gasteiger partial charge < -0.3 is 5.11 Å². The summed E-state index contributed by atoms with van der Waals surface area (Å²) in [6.45, 7) is 0. The molecule has 1 atom stereocenters. The van der Waals surface area contributed by atoms with Gasteiger partial charge in [0.15, 0.2) is 0 Å². The zero-order chi connectivity index (χ0) is 12.5. The molecule has 0 radical (unpaired) electrons. The average molecular weight is 278 g/mol. The lowest BCUT2D eigenvalue weighted by atomic mass is 9.86. The van der Waals surface area contributed by atoms with E-state index in [1.807, 2.05) is 0 Å². The third-order valence-electron chi connectivity index (χ3n) is 2.64. The topological polar surface area (TPSA) is 32.6 Å². The van der Waals surface area contributed by atoms with Gasteiger partial charge in [0, 0.05) is 18.8 Å². The predicted octanol–water partition coefficient (Wildman–Crippen LogP) is 3.30. The molecule has 0 fully saturated rings. The number of halogens is 4. The van der Waals surface area contributed by atoms with Crippen LogP contribution in [0.1, 0.15) is 17.5 Å². The molecule has 0 amide bonds. The first-order valence-corrected chi connectivity index (χ1v) is 5.02. The van der Waals surface area contributed by atoms with Gasteiger partial charge in [-0.25, -0.2) is 0 Å². The highest BCUT2D eigenvalue weighted by atomic mass is 35.5. The summed E-state index contributed by atoms with van der Waals surface area (Å²) in [5, 5.41) is 10.2. The molecule has 2 rings (SSSR count). The van der Waals surface area contributed by atoms with Gasteiger partial charge in [0.1, 0.15) is 5.60 Å². The van der Waals surface area contributed by atoms with Crippen LogP contribution in [0.5, 0.6) is 0 Å². The normalized spacial score (nSPS) is 22.7. The quantitative estimate of drug-likeness (QED) is 0.839. The second kappa shape index (κ2) is 5.12. The molecule has 2 nitrogen and oxygen atoms in total. The molecule has 1 aromatic rings. The van der Waals surface area contributed by atoms with E-state index in [0.717, 1.165) is 6.07 Å². The van der Waals surface area contributed by atoms with Crippen LogP contribution in [0.4, 0.5) is 13.2 Å². The van der Waals surface area contributed by atoms with Crippen molar-refractivity contribution in [3.05, 3.63) is 47.7 Å². The Morgan fingerprint density at radius 3 is 2.44 bits per heavy atom. The van der Waals surface area contributed by atoms with Gasteiger partial charge in [-0.1, -0.05) is 18.2 Å². The molecular weight excluding hydrogens is 267 g/mol. The Kier molecular flexibility index (Phi) is 4.19. The van der Waals surface area contributed by atoms with E-state index in [9.17, 15) is 18.3 Å². The van der Waals surface area contributed by atoms with Gasteiger partial charge in [0.2, 0.25) is 0 Å². The Labute approximate surface area is 108 Å². The summed E-state index contributed by atoms with van der Waals surface area (Å²) in [5.74, 6) is 0. The Bertz CT molecular complexity index is 484. The van der Waals surface area contributed by atoms with Crippen LogP contribution in [0.25, 0.3) is 0 Å². The zero-order valence-electron chi connectivity index (χ0n) is 9.19. The van der Waals surface area contributed by atoms with Crippen molar-refractivity contribution in [3.8, 4) is 0 Å². The van der Waals surface area contributed by atoms with Crippen molar-refractivity contribution in [2.75, 3.05) is 0 Å². The van der Waals surface area contributed by atoms with Crippen LogP contribution in [0.3, 0.4) is 0 Å². The smallest absolute Gasteiger partial charge is 0.381 e. The number of rotatable bonds is 1. The highest BCUT2D eigenvalue weighted by Gasteiger charge is 2.39. The lowest BCUT2D eigenvalue weighted by molar-refractivity contribution is -0.140. The third kappa shape index (κ3) is 2.73. The summed E-state index contributed by atoms with van der Waals surface area (Å²) < 4.78 is 38.4.